The molecule has 0 spiro atoms. The SMILES string of the molecule is COc1ccc(NC(N)=NCCOc2ccc(Br)cc2)cc1OC.I. The number of hydrogen-bond donors (Lipinski definition) is 2. The molecule has 0 aromatic heterocycles. The van der Waals surface area contributed by atoms with Crippen molar-refractivity contribution in [3.05, 3.63) is 46.9 Å². The molecule has 0 saturated heterocycles. The molecule has 0 heterocycles. The van der Waals surface area contributed by atoms with Gasteiger partial charge in [-0.2, -0.15) is 0 Å². The van der Waals surface area contributed by atoms with E-state index in [9.17, 15) is 0 Å². The molecule has 2 aromatic rings. The first-order valence-electron chi connectivity index (χ1n) is 7.29. The summed E-state index contributed by atoms with van der Waals surface area (Å²) < 4.78 is 17.0. The Morgan fingerprint density at radius 3 is 2.40 bits per heavy atom. The van der Waals surface area contributed by atoms with E-state index < -0.39 is 0 Å². The standard InChI is InChI=1S/C17H20BrN3O3.HI/c1-22-15-8-5-13(11-16(15)23-2)21-17(19)20-9-10-24-14-6-3-12(18)4-7-14;/h3-8,11H,9-10H2,1-2H3,(H3,19,20,21);1H. The van der Waals surface area contributed by atoms with Gasteiger partial charge >= 0.3 is 0 Å². The van der Waals surface area contributed by atoms with Crippen molar-refractivity contribution < 1.29 is 14.2 Å². The number of halogens is 2. The Bertz CT molecular complexity index is 696. The Labute approximate surface area is 172 Å². The number of hydrogen-bond acceptors (Lipinski definition) is 4. The molecule has 2 aromatic carbocycles. The minimum atomic E-state index is 0. The van der Waals surface area contributed by atoms with Crippen LogP contribution in [0.1, 0.15) is 0 Å². The molecule has 0 fully saturated rings. The van der Waals surface area contributed by atoms with Crippen molar-refractivity contribution in [3.8, 4) is 17.2 Å². The van der Waals surface area contributed by atoms with Gasteiger partial charge in [-0.1, -0.05) is 15.9 Å². The van der Waals surface area contributed by atoms with E-state index in [1.807, 2.05) is 30.3 Å². The minimum Gasteiger partial charge on any atom is -0.493 e. The van der Waals surface area contributed by atoms with E-state index in [2.05, 4.69) is 26.2 Å². The Morgan fingerprint density at radius 1 is 1.08 bits per heavy atom. The zero-order valence-corrected chi connectivity index (χ0v) is 17.9. The lowest BCUT2D eigenvalue weighted by Gasteiger charge is -2.11. The fourth-order valence-electron chi connectivity index (χ4n) is 1.96. The third-order valence-electron chi connectivity index (χ3n) is 3.11. The van der Waals surface area contributed by atoms with E-state index in [0.29, 0.717) is 30.6 Å². The first-order chi connectivity index (χ1) is 11.6. The molecule has 0 aliphatic carbocycles. The van der Waals surface area contributed by atoms with Crippen LogP contribution < -0.4 is 25.3 Å². The number of guanidine groups is 1. The number of nitrogens with zero attached hydrogens (tertiary/aromatic N) is 1. The van der Waals surface area contributed by atoms with Crippen LogP contribution in [0.25, 0.3) is 0 Å². The first-order valence-corrected chi connectivity index (χ1v) is 8.09. The molecule has 0 amide bonds. The van der Waals surface area contributed by atoms with E-state index >= 15 is 0 Å². The van der Waals surface area contributed by atoms with Crippen molar-refractivity contribution >= 4 is 51.6 Å². The molecule has 3 N–H and O–H groups in total. The summed E-state index contributed by atoms with van der Waals surface area (Å²) in [5, 5.41) is 3.00. The molecule has 6 nitrogen and oxygen atoms in total. The predicted molar refractivity (Wildman–Crippen MR) is 115 cm³/mol. The highest BCUT2D eigenvalue weighted by molar-refractivity contribution is 14.0. The van der Waals surface area contributed by atoms with Gasteiger partial charge < -0.3 is 25.3 Å². The number of ether oxygens (including phenoxy) is 3. The maximum absolute atomic E-state index is 5.87. The van der Waals surface area contributed by atoms with E-state index in [-0.39, 0.29) is 24.0 Å². The van der Waals surface area contributed by atoms with Crippen LogP contribution in [-0.2, 0) is 0 Å². The number of nitrogens with one attached hydrogen (secondary N) is 1. The molecule has 8 heteroatoms. The summed E-state index contributed by atoms with van der Waals surface area (Å²) in [6, 6.07) is 13.0. The minimum absolute atomic E-state index is 0. The Morgan fingerprint density at radius 2 is 1.76 bits per heavy atom. The topological polar surface area (TPSA) is 78.1 Å². The van der Waals surface area contributed by atoms with Crippen molar-refractivity contribution in [2.75, 3.05) is 32.7 Å². The van der Waals surface area contributed by atoms with Crippen LogP contribution in [0.4, 0.5) is 5.69 Å². The number of rotatable bonds is 7. The van der Waals surface area contributed by atoms with Gasteiger partial charge in [-0.15, -0.1) is 24.0 Å². The van der Waals surface area contributed by atoms with Crippen LogP contribution in [0.15, 0.2) is 51.9 Å². The van der Waals surface area contributed by atoms with E-state index in [1.54, 1.807) is 26.4 Å². The second-order valence-electron chi connectivity index (χ2n) is 4.76. The van der Waals surface area contributed by atoms with Gasteiger partial charge in [-0.05, 0) is 36.4 Å². The lowest BCUT2D eigenvalue weighted by Crippen LogP contribution is -2.23. The third kappa shape index (κ3) is 6.99. The molecule has 0 aliphatic rings. The molecule has 136 valence electrons. The third-order valence-corrected chi connectivity index (χ3v) is 3.64. The summed E-state index contributed by atoms with van der Waals surface area (Å²) in [5.74, 6) is 2.37. The van der Waals surface area contributed by atoms with Crippen LogP contribution in [-0.4, -0.2) is 33.3 Å². The highest BCUT2D eigenvalue weighted by atomic mass is 127. The summed E-state index contributed by atoms with van der Waals surface area (Å²) >= 11 is 3.38. The van der Waals surface area contributed by atoms with Gasteiger partial charge in [0, 0.05) is 16.2 Å². The predicted octanol–water partition coefficient (Wildman–Crippen LogP) is 3.89. The van der Waals surface area contributed by atoms with E-state index in [4.69, 9.17) is 19.9 Å². The van der Waals surface area contributed by atoms with Gasteiger partial charge in [-0.3, -0.25) is 0 Å². The number of aliphatic imine (C=N–C) groups is 1. The summed E-state index contributed by atoms with van der Waals surface area (Å²) in [6.45, 7) is 0.887. The number of benzene rings is 2. The molecule has 2 rings (SSSR count). The maximum Gasteiger partial charge on any atom is 0.193 e. The van der Waals surface area contributed by atoms with Crippen LogP contribution >= 0.6 is 39.9 Å². The lowest BCUT2D eigenvalue weighted by molar-refractivity contribution is 0.328. The average Bonchev–Trinajstić information content (AvgIpc) is 2.60. The fraction of sp³-hybridized carbons (Fsp3) is 0.235. The van der Waals surface area contributed by atoms with Gasteiger partial charge in [0.1, 0.15) is 12.4 Å². The highest BCUT2D eigenvalue weighted by Crippen LogP contribution is 2.29. The summed E-state index contributed by atoms with van der Waals surface area (Å²) in [7, 11) is 3.17. The number of anilines is 1. The van der Waals surface area contributed by atoms with Crippen LogP contribution in [0, 0.1) is 0 Å². The number of methoxy groups -OCH3 is 2. The van der Waals surface area contributed by atoms with Gasteiger partial charge in [0.05, 0.1) is 20.8 Å². The maximum atomic E-state index is 5.87. The molecule has 0 bridgehead atoms. The van der Waals surface area contributed by atoms with Crippen molar-refractivity contribution in [2.24, 2.45) is 10.7 Å². The van der Waals surface area contributed by atoms with Gasteiger partial charge in [0.25, 0.3) is 0 Å². The quantitative estimate of drug-likeness (QED) is 0.250. The molecule has 0 aliphatic heterocycles. The molecular weight excluding hydrogens is 501 g/mol. The van der Waals surface area contributed by atoms with Crippen LogP contribution in [0.2, 0.25) is 0 Å². The smallest absolute Gasteiger partial charge is 0.193 e. The summed E-state index contributed by atoms with van der Waals surface area (Å²) in [4.78, 5) is 4.23. The number of nitrogens with two attached hydrogens (primary N) is 1. The Kier molecular flexibility index (Phi) is 9.43. The monoisotopic (exact) mass is 521 g/mol. The van der Waals surface area contributed by atoms with Gasteiger partial charge in [0.15, 0.2) is 17.5 Å². The highest BCUT2D eigenvalue weighted by Gasteiger charge is 2.05. The van der Waals surface area contributed by atoms with E-state index in [1.165, 1.54) is 0 Å². The van der Waals surface area contributed by atoms with Crippen molar-refractivity contribution in [1.82, 2.24) is 0 Å². The molecule has 0 radical (unpaired) electrons. The molecule has 25 heavy (non-hydrogen) atoms. The normalized spacial score (nSPS) is 10.6. The second kappa shape index (κ2) is 11.0. The van der Waals surface area contributed by atoms with Crippen LogP contribution in [0.3, 0.4) is 0 Å². The first kappa shape index (κ1) is 21.4. The van der Waals surface area contributed by atoms with Gasteiger partial charge in [0.2, 0.25) is 0 Å². The molecular formula is C17H21BrIN3O3. The van der Waals surface area contributed by atoms with Crippen LogP contribution in [0.5, 0.6) is 17.2 Å². The molecule has 0 unspecified atom stereocenters. The van der Waals surface area contributed by atoms with Gasteiger partial charge in [-0.25, -0.2) is 4.99 Å². The fourth-order valence-corrected chi connectivity index (χ4v) is 2.23. The van der Waals surface area contributed by atoms with Crippen molar-refractivity contribution in [2.45, 2.75) is 0 Å². The summed E-state index contributed by atoms with van der Waals surface area (Å²) in [6.07, 6.45) is 0. The zero-order valence-electron chi connectivity index (χ0n) is 14.0. The molecule has 0 saturated carbocycles. The van der Waals surface area contributed by atoms with E-state index in [0.717, 1.165) is 15.9 Å². The Hall–Kier alpha value is -1.68. The summed E-state index contributed by atoms with van der Waals surface area (Å²) in [5.41, 5.74) is 6.64. The van der Waals surface area contributed by atoms with Crippen molar-refractivity contribution in [3.63, 3.8) is 0 Å². The Balaban J connectivity index is 0.00000312. The largest absolute Gasteiger partial charge is 0.493 e. The average molecular weight is 522 g/mol. The second-order valence-corrected chi connectivity index (χ2v) is 5.68. The zero-order chi connectivity index (χ0) is 17.4. The van der Waals surface area contributed by atoms with Crippen molar-refractivity contribution in [1.29, 1.82) is 0 Å². The lowest BCUT2D eigenvalue weighted by atomic mass is 10.3. The molecule has 0 atom stereocenters.